The average Bonchev–Trinajstić information content (AvgIpc) is 2.81. The Morgan fingerprint density at radius 1 is 1.24 bits per heavy atom. The van der Waals surface area contributed by atoms with Crippen molar-refractivity contribution in [3.63, 3.8) is 0 Å². The van der Waals surface area contributed by atoms with Crippen LogP contribution in [0.1, 0.15) is 0 Å². The summed E-state index contributed by atoms with van der Waals surface area (Å²) in [6, 6.07) is 8.56. The number of anilines is 1. The normalized spacial score (nSPS) is 16.9. The fourth-order valence-corrected chi connectivity index (χ4v) is 3.16. The molecule has 1 aromatic rings. The number of halogens is 3. The topological polar surface area (TPSA) is 63.4 Å². The second kappa shape index (κ2) is 6.70. The van der Waals surface area contributed by atoms with Crippen LogP contribution in [-0.4, -0.2) is 16.6 Å². The molecule has 0 N–H and O–H groups in total. The van der Waals surface area contributed by atoms with Gasteiger partial charge in [-0.25, -0.2) is 0 Å². The van der Waals surface area contributed by atoms with E-state index in [1.807, 2.05) is 0 Å². The van der Waals surface area contributed by atoms with Crippen molar-refractivity contribution >= 4 is 58.2 Å². The highest BCUT2D eigenvalue weighted by atomic mass is 35.5. The molecule has 1 aliphatic rings. The molecule has 2 rings (SSSR count). The van der Waals surface area contributed by atoms with Crippen LogP contribution in [0.5, 0.6) is 0 Å². The van der Waals surface area contributed by atoms with Crippen molar-refractivity contribution in [3.8, 4) is 0 Å². The standard InChI is InChI=1S/C12H7Cl3N2O3S/c13-9(11(14)15)10(17(19)20)12-16(8(18)6-21-12)7-4-2-1-3-5-7/h1-5H,6H2/b12-10+. The van der Waals surface area contributed by atoms with Crippen LogP contribution in [0.2, 0.25) is 0 Å². The van der Waals surface area contributed by atoms with Gasteiger partial charge in [-0.05, 0) is 12.1 Å². The summed E-state index contributed by atoms with van der Waals surface area (Å²) < 4.78 is -0.427. The van der Waals surface area contributed by atoms with E-state index >= 15 is 0 Å². The second-order valence-corrected chi connectivity index (χ2v) is 6.13. The van der Waals surface area contributed by atoms with Gasteiger partial charge in [-0.15, -0.1) is 0 Å². The molecule has 0 unspecified atom stereocenters. The quantitative estimate of drug-likeness (QED) is 0.597. The third kappa shape index (κ3) is 3.35. The van der Waals surface area contributed by atoms with Gasteiger partial charge >= 0.3 is 5.70 Å². The van der Waals surface area contributed by atoms with Crippen LogP contribution in [0.4, 0.5) is 5.69 Å². The van der Waals surface area contributed by atoms with E-state index in [4.69, 9.17) is 34.8 Å². The van der Waals surface area contributed by atoms with E-state index in [1.165, 1.54) is 4.90 Å². The Hall–Kier alpha value is -1.21. The maximum Gasteiger partial charge on any atom is 0.320 e. The number of thioether (sulfide) groups is 1. The SMILES string of the molecule is O=C1CS/C(=C(\C(Cl)=C(Cl)Cl)[N+](=O)[O-])N1c1ccccc1. The number of hydrogen-bond acceptors (Lipinski definition) is 4. The zero-order valence-corrected chi connectivity index (χ0v) is 13.3. The molecule has 0 aliphatic carbocycles. The smallest absolute Gasteiger partial charge is 0.273 e. The summed E-state index contributed by atoms with van der Waals surface area (Å²) in [4.78, 5) is 23.8. The summed E-state index contributed by atoms with van der Waals surface area (Å²) in [5.74, 6) is -0.207. The zero-order valence-electron chi connectivity index (χ0n) is 10.3. The Morgan fingerprint density at radius 3 is 2.38 bits per heavy atom. The number of carbonyl (C=O) groups is 1. The van der Waals surface area contributed by atoms with Crippen molar-refractivity contribution in [2.24, 2.45) is 0 Å². The first-order chi connectivity index (χ1) is 9.93. The Bertz CT molecular complexity index is 657. The number of para-hydroxylation sites is 1. The molecule has 1 heterocycles. The summed E-state index contributed by atoms with van der Waals surface area (Å²) >= 11 is 17.9. The predicted molar refractivity (Wildman–Crippen MR) is 85.0 cm³/mol. The van der Waals surface area contributed by atoms with E-state index in [2.05, 4.69) is 0 Å². The molecule has 0 bridgehead atoms. The molecule has 9 heteroatoms. The molecule has 0 radical (unpaired) electrons. The number of rotatable bonds is 3. The third-order valence-corrected chi connectivity index (χ3v) is 4.54. The molecule has 1 aliphatic heterocycles. The van der Waals surface area contributed by atoms with Gasteiger partial charge < -0.3 is 0 Å². The van der Waals surface area contributed by atoms with Gasteiger partial charge in [-0.3, -0.25) is 19.8 Å². The van der Waals surface area contributed by atoms with Gasteiger partial charge in [0.1, 0.15) is 4.49 Å². The molecule has 1 aromatic carbocycles. The van der Waals surface area contributed by atoms with Gasteiger partial charge in [0, 0.05) is 5.69 Å². The minimum absolute atomic E-state index is 0.0750. The monoisotopic (exact) mass is 364 g/mol. The highest BCUT2D eigenvalue weighted by Crippen LogP contribution is 2.40. The first kappa shape index (κ1) is 16.2. The van der Waals surface area contributed by atoms with Gasteiger partial charge in [0.15, 0.2) is 10.1 Å². The summed E-state index contributed by atoms with van der Waals surface area (Å²) in [7, 11) is 0. The molecule has 110 valence electrons. The number of carbonyl (C=O) groups excluding carboxylic acids is 1. The Morgan fingerprint density at radius 2 is 1.86 bits per heavy atom. The number of allylic oxidation sites excluding steroid dienone is 1. The Labute approximate surface area is 139 Å². The van der Waals surface area contributed by atoms with Crippen molar-refractivity contribution < 1.29 is 9.72 Å². The van der Waals surface area contributed by atoms with Crippen LogP contribution in [0.3, 0.4) is 0 Å². The van der Waals surface area contributed by atoms with Crippen molar-refractivity contribution in [3.05, 3.63) is 60.7 Å². The summed E-state index contributed by atoms with van der Waals surface area (Å²) in [5.41, 5.74) is 0.0216. The van der Waals surface area contributed by atoms with E-state index < -0.39 is 20.1 Å². The van der Waals surface area contributed by atoms with Crippen LogP contribution >= 0.6 is 46.6 Å². The molecular weight excluding hydrogens is 359 g/mol. The molecule has 21 heavy (non-hydrogen) atoms. The van der Waals surface area contributed by atoms with Crippen LogP contribution in [0.15, 0.2) is 50.6 Å². The number of amides is 1. The minimum Gasteiger partial charge on any atom is -0.273 e. The zero-order chi connectivity index (χ0) is 15.6. The maximum absolute atomic E-state index is 12.0. The molecule has 1 amide bonds. The molecule has 1 fully saturated rings. The Balaban J connectivity index is 2.63. The lowest BCUT2D eigenvalue weighted by atomic mass is 10.3. The third-order valence-electron chi connectivity index (χ3n) is 2.56. The number of nitrogens with zero attached hydrogens (tertiary/aromatic N) is 2. The molecule has 5 nitrogen and oxygen atoms in total. The number of nitro groups is 1. The lowest BCUT2D eigenvalue weighted by Crippen LogP contribution is -2.25. The predicted octanol–water partition coefficient (Wildman–Crippen LogP) is 4.10. The summed E-state index contributed by atoms with van der Waals surface area (Å²) in [6.45, 7) is 0. The lowest BCUT2D eigenvalue weighted by Gasteiger charge is -2.17. The van der Waals surface area contributed by atoms with Gasteiger partial charge in [-0.2, -0.15) is 0 Å². The van der Waals surface area contributed by atoms with Crippen LogP contribution < -0.4 is 4.90 Å². The van der Waals surface area contributed by atoms with Crippen molar-refractivity contribution in [2.45, 2.75) is 0 Å². The number of hydrogen-bond donors (Lipinski definition) is 0. The molecular formula is C12H7Cl3N2O3S. The van der Waals surface area contributed by atoms with E-state index in [0.29, 0.717) is 5.69 Å². The lowest BCUT2D eigenvalue weighted by molar-refractivity contribution is -0.420. The maximum atomic E-state index is 12.0. The van der Waals surface area contributed by atoms with Crippen molar-refractivity contribution in [2.75, 3.05) is 10.7 Å². The highest BCUT2D eigenvalue weighted by molar-refractivity contribution is 8.04. The summed E-state index contributed by atoms with van der Waals surface area (Å²) in [6.07, 6.45) is 0. The van der Waals surface area contributed by atoms with Gasteiger partial charge in [0.25, 0.3) is 0 Å². The largest absolute Gasteiger partial charge is 0.320 e. The molecule has 0 saturated carbocycles. The van der Waals surface area contributed by atoms with E-state index in [-0.39, 0.29) is 16.7 Å². The van der Waals surface area contributed by atoms with Gasteiger partial charge in [0.05, 0.1) is 10.7 Å². The summed E-state index contributed by atoms with van der Waals surface area (Å²) in [5, 5.41) is 11.0. The van der Waals surface area contributed by atoms with Crippen molar-refractivity contribution in [1.82, 2.24) is 0 Å². The van der Waals surface area contributed by atoms with Crippen LogP contribution in [-0.2, 0) is 4.79 Å². The fourth-order valence-electron chi connectivity index (χ4n) is 1.73. The first-order valence-corrected chi connectivity index (χ1v) is 7.66. The molecule has 1 saturated heterocycles. The molecule has 0 atom stereocenters. The molecule has 0 aromatic heterocycles. The second-order valence-electron chi connectivity index (χ2n) is 3.84. The van der Waals surface area contributed by atoms with E-state index in [0.717, 1.165) is 11.8 Å². The van der Waals surface area contributed by atoms with Crippen LogP contribution in [0, 0.1) is 10.1 Å². The fraction of sp³-hybridized carbons (Fsp3) is 0.0833. The highest BCUT2D eigenvalue weighted by Gasteiger charge is 2.37. The van der Waals surface area contributed by atoms with Gasteiger partial charge in [-0.1, -0.05) is 64.8 Å². The van der Waals surface area contributed by atoms with Gasteiger partial charge in [0.2, 0.25) is 5.91 Å². The Kier molecular flexibility index (Phi) is 5.16. The molecule has 0 spiro atoms. The van der Waals surface area contributed by atoms with Crippen LogP contribution in [0.25, 0.3) is 0 Å². The first-order valence-electron chi connectivity index (χ1n) is 5.54. The van der Waals surface area contributed by atoms with E-state index in [1.54, 1.807) is 30.3 Å². The number of benzene rings is 1. The average molecular weight is 366 g/mol. The van der Waals surface area contributed by atoms with Crippen molar-refractivity contribution in [1.29, 1.82) is 0 Å². The minimum atomic E-state index is -0.704. The van der Waals surface area contributed by atoms with E-state index in [9.17, 15) is 14.9 Å².